The van der Waals surface area contributed by atoms with E-state index in [0.717, 1.165) is 83.2 Å². The highest BCUT2D eigenvalue weighted by atomic mass is 16.3. The van der Waals surface area contributed by atoms with E-state index in [4.69, 9.17) is 0 Å². The van der Waals surface area contributed by atoms with Crippen molar-refractivity contribution in [2.45, 2.75) is 70.4 Å². The Kier molecular flexibility index (Phi) is 5.94. The monoisotopic (exact) mass is 389 g/mol. The van der Waals surface area contributed by atoms with E-state index in [0.29, 0.717) is 11.7 Å². The van der Waals surface area contributed by atoms with Gasteiger partial charge < -0.3 is 19.9 Å². The number of carbonyl (C=O) groups is 2. The SMILES string of the molecule is O=C(NC1CCC(C(=O)N2CCC(CO)CC2)CC1)c1nnc2n1CCCC2. The summed E-state index contributed by atoms with van der Waals surface area (Å²) in [4.78, 5) is 27.4. The van der Waals surface area contributed by atoms with Gasteiger partial charge >= 0.3 is 0 Å². The van der Waals surface area contributed by atoms with Crippen molar-refractivity contribution in [2.24, 2.45) is 11.8 Å². The Morgan fingerprint density at radius 2 is 1.75 bits per heavy atom. The Bertz CT molecular complexity index is 703. The molecule has 0 radical (unpaired) electrons. The van der Waals surface area contributed by atoms with Crippen LogP contribution in [0.5, 0.6) is 0 Å². The van der Waals surface area contributed by atoms with Gasteiger partial charge in [0.05, 0.1) is 0 Å². The third-order valence-corrected chi connectivity index (χ3v) is 6.66. The standard InChI is InChI=1S/C20H31N5O3/c26-13-14-8-11-24(12-9-14)20(28)15-4-6-16(7-5-15)21-19(27)18-23-22-17-3-1-2-10-25(17)18/h14-16,26H,1-13H2,(H,21,27). The average Bonchev–Trinajstić information content (AvgIpc) is 3.18. The molecule has 8 nitrogen and oxygen atoms in total. The largest absolute Gasteiger partial charge is 0.396 e. The maximum absolute atomic E-state index is 12.8. The summed E-state index contributed by atoms with van der Waals surface area (Å²) in [5.74, 6) is 1.88. The van der Waals surface area contributed by atoms with Crippen molar-refractivity contribution in [3.05, 3.63) is 11.6 Å². The minimum Gasteiger partial charge on any atom is -0.396 e. The van der Waals surface area contributed by atoms with E-state index in [2.05, 4.69) is 15.5 Å². The summed E-state index contributed by atoms with van der Waals surface area (Å²) in [6.07, 6.45) is 8.16. The van der Waals surface area contributed by atoms with Crippen LogP contribution >= 0.6 is 0 Å². The van der Waals surface area contributed by atoms with Crippen molar-refractivity contribution >= 4 is 11.8 Å². The molecule has 28 heavy (non-hydrogen) atoms. The van der Waals surface area contributed by atoms with Crippen LogP contribution in [0.2, 0.25) is 0 Å². The Balaban J connectivity index is 1.26. The number of rotatable bonds is 4. The Labute approximate surface area is 165 Å². The van der Waals surface area contributed by atoms with Gasteiger partial charge in [-0.2, -0.15) is 0 Å². The fraction of sp³-hybridized carbons (Fsp3) is 0.800. The van der Waals surface area contributed by atoms with Crippen LogP contribution in [0.25, 0.3) is 0 Å². The van der Waals surface area contributed by atoms with Crippen molar-refractivity contribution in [3.8, 4) is 0 Å². The summed E-state index contributed by atoms with van der Waals surface area (Å²) >= 11 is 0. The average molecular weight is 390 g/mol. The van der Waals surface area contributed by atoms with Gasteiger partial charge in [-0.25, -0.2) is 0 Å². The number of nitrogens with one attached hydrogen (secondary N) is 1. The number of fused-ring (bicyclic) bond motifs is 1. The molecule has 0 aromatic carbocycles. The van der Waals surface area contributed by atoms with Crippen LogP contribution in [0.1, 0.15) is 67.8 Å². The summed E-state index contributed by atoms with van der Waals surface area (Å²) < 4.78 is 1.95. The van der Waals surface area contributed by atoms with Crippen LogP contribution in [0.3, 0.4) is 0 Å². The lowest BCUT2D eigenvalue weighted by atomic mass is 9.84. The Morgan fingerprint density at radius 1 is 1.00 bits per heavy atom. The van der Waals surface area contributed by atoms with Gasteiger partial charge in [0, 0.05) is 44.6 Å². The van der Waals surface area contributed by atoms with Crippen LogP contribution in [-0.2, 0) is 17.8 Å². The molecular weight excluding hydrogens is 358 g/mol. The molecular formula is C20H31N5O3. The molecule has 1 saturated carbocycles. The number of hydrogen-bond donors (Lipinski definition) is 2. The number of piperidine rings is 1. The van der Waals surface area contributed by atoms with Crippen molar-refractivity contribution in [2.75, 3.05) is 19.7 Å². The van der Waals surface area contributed by atoms with Crippen LogP contribution in [0, 0.1) is 11.8 Å². The number of carbonyl (C=O) groups excluding carboxylic acids is 2. The smallest absolute Gasteiger partial charge is 0.289 e. The third kappa shape index (κ3) is 4.06. The summed E-state index contributed by atoms with van der Waals surface area (Å²) in [5.41, 5.74) is 0. The van der Waals surface area contributed by atoms with E-state index >= 15 is 0 Å². The molecule has 154 valence electrons. The quantitative estimate of drug-likeness (QED) is 0.804. The van der Waals surface area contributed by atoms with Gasteiger partial charge in [-0.15, -0.1) is 10.2 Å². The highest BCUT2D eigenvalue weighted by Gasteiger charge is 2.32. The van der Waals surface area contributed by atoms with Crippen LogP contribution in [0.15, 0.2) is 0 Å². The molecule has 2 N–H and O–H groups in total. The summed E-state index contributed by atoms with van der Waals surface area (Å²) in [6.45, 7) is 2.57. The van der Waals surface area contributed by atoms with Gasteiger partial charge in [-0.05, 0) is 57.3 Å². The molecule has 2 fully saturated rings. The molecule has 0 unspecified atom stereocenters. The van der Waals surface area contributed by atoms with Crippen molar-refractivity contribution < 1.29 is 14.7 Å². The van der Waals surface area contributed by atoms with Crippen LogP contribution < -0.4 is 5.32 Å². The van der Waals surface area contributed by atoms with Gasteiger partial charge in [0.25, 0.3) is 5.91 Å². The van der Waals surface area contributed by atoms with Crippen molar-refractivity contribution in [3.63, 3.8) is 0 Å². The fourth-order valence-corrected chi connectivity index (χ4v) is 4.80. The Hall–Kier alpha value is -1.96. The highest BCUT2D eigenvalue weighted by Crippen LogP contribution is 2.28. The number of likely N-dealkylation sites (tertiary alicyclic amines) is 1. The second-order valence-corrected chi connectivity index (χ2v) is 8.52. The van der Waals surface area contributed by atoms with E-state index in [1.165, 1.54) is 0 Å². The van der Waals surface area contributed by atoms with E-state index in [1.54, 1.807) is 0 Å². The molecule has 3 heterocycles. The van der Waals surface area contributed by atoms with Crippen molar-refractivity contribution in [1.29, 1.82) is 0 Å². The molecule has 0 spiro atoms. The van der Waals surface area contributed by atoms with Crippen LogP contribution in [0.4, 0.5) is 0 Å². The van der Waals surface area contributed by atoms with E-state index in [9.17, 15) is 14.7 Å². The minimum atomic E-state index is -0.137. The molecule has 1 saturated heterocycles. The molecule has 1 aromatic rings. The molecule has 0 bridgehead atoms. The van der Waals surface area contributed by atoms with Gasteiger partial charge in [0.1, 0.15) is 5.82 Å². The first-order chi connectivity index (χ1) is 13.7. The second-order valence-electron chi connectivity index (χ2n) is 8.52. The Morgan fingerprint density at radius 3 is 2.46 bits per heavy atom. The maximum atomic E-state index is 12.8. The van der Waals surface area contributed by atoms with E-state index in [-0.39, 0.29) is 30.4 Å². The number of amides is 2. The van der Waals surface area contributed by atoms with Gasteiger partial charge in [0.2, 0.25) is 11.7 Å². The molecule has 2 amide bonds. The van der Waals surface area contributed by atoms with E-state index in [1.807, 2.05) is 9.47 Å². The predicted octanol–water partition coefficient (Wildman–Crippen LogP) is 1.13. The van der Waals surface area contributed by atoms with Gasteiger partial charge in [-0.1, -0.05) is 0 Å². The molecule has 8 heteroatoms. The number of aromatic nitrogens is 3. The first-order valence-electron chi connectivity index (χ1n) is 10.8. The van der Waals surface area contributed by atoms with Gasteiger partial charge in [-0.3, -0.25) is 9.59 Å². The predicted molar refractivity (Wildman–Crippen MR) is 103 cm³/mol. The number of nitrogens with zero attached hydrogens (tertiary/aromatic N) is 4. The summed E-state index contributed by atoms with van der Waals surface area (Å²) in [6, 6.07) is 0.105. The molecule has 3 aliphatic rings. The lowest BCUT2D eigenvalue weighted by Gasteiger charge is -2.36. The summed E-state index contributed by atoms with van der Waals surface area (Å²) in [7, 11) is 0. The topological polar surface area (TPSA) is 100 Å². The number of aryl methyl sites for hydroxylation is 1. The molecule has 2 aliphatic heterocycles. The molecule has 4 rings (SSSR count). The normalized spacial score (nSPS) is 26.0. The highest BCUT2D eigenvalue weighted by molar-refractivity contribution is 5.91. The van der Waals surface area contributed by atoms with Crippen molar-refractivity contribution in [1.82, 2.24) is 25.0 Å². The lowest BCUT2D eigenvalue weighted by molar-refractivity contribution is -0.138. The lowest BCUT2D eigenvalue weighted by Crippen LogP contribution is -2.45. The zero-order chi connectivity index (χ0) is 19.5. The summed E-state index contributed by atoms with van der Waals surface area (Å²) in [5, 5.41) is 20.6. The number of aliphatic hydroxyl groups is 1. The first-order valence-corrected chi connectivity index (χ1v) is 10.8. The number of aliphatic hydroxyl groups excluding tert-OH is 1. The zero-order valence-electron chi connectivity index (χ0n) is 16.5. The first kappa shape index (κ1) is 19.4. The molecule has 0 atom stereocenters. The minimum absolute atomic E-state index is 0.0691. The number of hydrogen-bond acceptors (Lipinski definition) is 5. The molecule has 1 aromatic heterocycles. The maximum Gasteiger partial charge on any atom is 0.289 e. The van der Waals surface area contributed by atoms with E-state index < -0.39 is 0 Å². The fourth-order valence-electron chi connectivity index (χ4n) is 4.80. The van der Waals surface area contributed by atoms with Crippen LogP contribution in [-0.4, -0.2) is 62.3 Å². The second kappa shape index (κ2) is 8.59. The van der Waals surface area contributed by atoms with Gasteiger partial charge in [0.15, 0.2) is 0 Å². The third-order valence-electron chi connectivity index (χ3n) is 6.66. The molecule has 1 aliphatic carbocycles. The zero-order valence-corrected chi connectivity index (χ0v) is 16.5.